The standard InChI is InChI=1S/C19H17F3N2O3/c1-10(25)11-4-6-12(7-5-11)23-17(26)19(2,3)18(27)24-14-9-8-13(20)15(21)16(14)22/h4-9H,1-3H3,(H,23,26)(H,24,27). The van der Waals surface area contributed by atoms with Crippen molar-refractivity contribution in [1.29, 1.82) is 0 Å². The number of rotatable bonds is 5. The number of benzene rings is 2. The molecule has 0 aromatic heterocycles. The van der Waals surface area contributed by atoms with Crippen molar-refractivity contribution in [3.05, 3.63) is 59.4 Å². The molecule has 0 aliphatic carbocycles. The lowest BCUT2D eigenvalue weighted by Crippen LogP contribution is -2.41. The molecule has 2 N–H and O–H groups in total. The van der Waals surface area contributed by atoms with Gasteiger partial charge in [0, 0.05) is 11.3 Å². The molecule has 0 bridgehead atoms. The maximum absolute atomic E-state index is 13.7. The number of halogens is 3. The minimum atomic E-state index is -1.72. The number of carbonyl (C=O) groups excluding carboxylic acids is 3. The number of Topliss-reactive ketones (excluding diaryl/α,β-unsaturated/α-hetero) is 1. The Morgan fingerprint density at radius 1 is 0.815 bits per heavy atom. The molecule has 0 saturated carbocycles. The van der Waals surface area contributed by atoms with Gasteiger partial charge in [0.15, 0.2) is 23.2 Å². The van der Waals surface area contributed by atoms with Gasteiger partial charge in [-0.3, -0.25) is 14.4 Å². The molecule has 27 heavy (non-hydrogen) atoms. The normalized spacial score (nSPS) is 11.0. The van der Waals surface area contributed by atoms with Crippen LogP contribution in [0.2, 0.25) is 0 Å². The van der Waals surface area contributed by atoms with Crippen molar-refractivity contribution in [2.75, 3.05) is 10.6 Å². The molecular formula is C19H17F3N2O3. The van der Waals surface area contributed by atoms with Crippen molar-refractivity contribution in [3.63, 3.8) is 0 Å². The number of amides is 2. The van der Waals surface area contributed by atoms with E-state index in [1.807, 2.05) is 0 Å². The molecule has 0 fully saturated rings. The van der Waals surface area contributed by atoms with Crippen LogP contribution in [0.25, 0.3) is 0 Å². The summed E-state index contributed by atoms with van der Waals surface area (Å²) < 4.78 is 39.9. The molecule has 5 nitrogen and oxygen atoms in total. The Kier molecular flexibility index (Phi) is 5.68. The zero-order valence-corrected chi connectivity index (χ0v) is 14.8. The molecule has 2 rings (SSSR count). The van der Waals surface area contributed by atoms with Crippen molar-refractivity contribution in [2.24, 2.45) is 5.41 Å². The van der Waals surface area contributed by atoms with Gasteiger partial charge in [-0.15, -0.1) is 0 Å². The van der Waals surface area contributed by atoms with Gasteiger partial charge in [-0.2, -0.15) is 0 Å². The Balaban J connectivity index is 2.14. The summed E-state index contributed by atoms with van der Waals surface area (Å²) in [5.41, 5.74) is -1.43. The van der Waals surface area contributed by atoms with Gasteiger partial charge in [-0.05, 0) is 57.2 Å². The van der Waals surface area contributed by atoms with E-state index in [4.69, 9.17) is 0 Å². The van der Waals surface area contributed by atoms with Crippen LogP contribution >= 0.6 is 0 Å². The van der Waals surface area contributed by atoms with E-state index < -0.39 is 40.4 Å². The molecule has 142 valence electrons. The Bertz CT molecular complexity index is 909. The second kappa shape index (κ2) is 7.61. The SMILES string of the molecule is CC(=O)c1ccc(NC(=O)C(C)(C)C(=O)Nc2ccc(F)c(F)c2F)cc1. The first-order valence-electron chi connectivity index (χ1n) is 7.91. The van der Waals surface area contributed by atoms with Crippen LogP contribution in [0.4, 0.5) is 24.5 Å². The van der Waals surface area contributed by atoms with Crippen LogP contribution in [0.1, 0.15) is 31.1 Å². The van der Waals surface area contributed by atoms with Gasteiger partial charge in [0.1, 0.15) is 5.41 Å². The fraction of sp³-hybridized carbons (Fsp3) is 0.211. The minimum Gasteiger partial charge on any atom is -0.325 e. The summed E-state index contributed by atoms with van der Waals surface area (Å²) in [6.07, 6.45) is 0. The average molecular weight is 378 g/mol. The van der Waals surface area contributed by atoms with Gasteiger partial charge >= 0.3 is 0 Å². The van der Waals surface area contributed by atoms with Crippen LogP contribution in [0.15, 0.2) is 36.4 Å². The summed E-state index contributed by atoms with van der Waals surface area (Å²) in [4.78, 5) is 36.0. The molecular weight excluding hydrogens is 361 g/mol. The van der Waals surface area contributed by atoms with Crippen molar-refractivity contribution >= 4 is 29.0 Å². The topological polar surface area (TPSA) is 75.3 Å². The number of ketones is 1. The lowest BCUT2D eigenvalue weighted by Gasteiger charge is -2.23. The molecule has 2 aromatic carbocycles. The number of anilines is 2. The van der Waals surface area contributed by atoms with Crippen LogP contribution in [-0.2, 0) is 9.59 Å². The highest BCUT2D eigenvalue weighted by molar-refractivity contribution is 6.14. The molecule has 2 aromatic rings. The second-order valence-corrected chi connectivity index (χ2v) is 6.39. The first kappa shape index (κ1) is 20.2. The minimum absolute atomic E-state index is 0.138. The number of nitrogens with one attached hydrogen (secondary N) is 2. The number of carbonyl (C=O) groups is 3. The fourth-order valence-electron chi connectivity index (χ4n) is 2.08. The number of hydrogen-bond acceptors (Lipinski definition) is 3. The van der Waals surface area contributed by atoms with Gasteiger partial charge in [-0.25, -0.2) is 13.2 Å². The van der Waals surface area contributed by atoms with E-state index in [1.54, 1.807) is 0 Å². The molecule has 0 heterocycles. The van der Waals surface area contributed by atoms with E-state index in [0.29, 0.717) is 17.3 Å². The third-order valence-corrected chi connectivity index (χ3v) is 3.97. The molecule has 0 spiro atoms. The Morgan fingerprint density at radius 3 is 1.93 bits per heavy atom. The van der Waals surface area contributed by atoms with Crippen molar-refractivity contribution in [1.82, 2.24) is 0 Å². The third-order valence-electron chi connectivity index (χ3n) is 3.97. The summed E-state index contributed by atoms with van der Waals surface area (Å²) >= 11 is 0. The maximum atomic E-state index is 13.7. The predicted molar refractivity (Wildman–Crippen MR) is 93.8 cm³/mol. The van der Waals surface area contributed by atoms with Crippen LogP contribution in [0.5, 0.6) is 0 Å². The average Bonchev–Trinajstić information content (AvgIpc) is 2.62. The summed E-state index contributed by atoms with van der Waals surface area (Å²) in [5.74, 6) is -6.43. The molecule has 2 amide bonds. The van der Waals surface area contributed by atoms with Crippen LogP contribution < -0.4 is 10.6 Å². The van der Waals surface area contributed by atoms with Gasteiger partial charge < -0.3 is 10.6 Å². The first-order chi connectivity index (χ1) is 12.5. The molecule has 0 aliphatic rings. The Labute approximate surface area is 153 Å². The van der Waals surface area contributed by atoms with Crippen molar-refractivity contribution in [3.8, 4) is 0 Å². The van der Waals surface area contributed by atoms with Crippen molar-refractivity contribution < 1.29 is 27.6 Å². The Hall–Kier alpha value is -3.16. The highest BCUT2D eigenvalue weighted by Gasteiger charge is 2.36. The highest BCUT2D eigenvalue weighted by atomic mass is 19.2. The van der Waals surface area contributed by atoms with E-state index in [0.717, 1.165) is 6.07 Å². The number of hydrogen-bond donors (Lipinski definition) is 2. The summed E-state index contributed by atoms with van der Waals surface area (Å²) in [7, 11) is 0. The van der Waals surface area contributed by atoms with E-state index in [2.05, 4.69) is 10.6 Å². The predicted octanol–water partition coefficient (Wildman–Crippen LogP) is 3.91. The molecule has 0 aliphatic heterocycles. The molecule has 0 radical (unpaired) electrons. The van der Waals surface area contributed by atoms with Gasteiger partial charge in [0.25, 0.3) is 0 Å². The van der Waals surface area contributed by atoms with Crippen LogP contribution in [0.3, 0.4) is 0 Å². The monoisotopic (exact) mass is 378 g/mol. The van der Waals surface area contributed by atoms with Crippen LogP contribution in [-0.4, -0.2) is 17.6 Å². The van der Waals surface area contributed by atoms with Crippen molar-refractivity contribution in [2.45, 2.75) is 20.8 Å². The van der Waals surface area contributed by atoms with Gasteiger partial charge in [-0.1, -0.05) is 0 Å². The second-order valence-electron chi connectivity index (χ2n) is 6.39. The lowest BCUT2D eigenvalue weighted by atomic mass is 9.90. The first-order valence-corrected chi connectivity index (χ1v) is 7.91. The third kappa shape index (κ3) is 4.33. The maximum Gasteiger partial charge on any atom is 0.239 e. The summed E-state index contributed by atoms with van der Waals surface area (Å²) in [5, 5.41) is 4.59. The van der Waals surface area contributed by atoms with E-state index in [1.165, 1.54) is 45.0 Å². The quantitative estimate of drug-likeness (QED) is 0.471. The highest BCUT2D eigenvalue weighted by Crippen LogP contribution is 2.25. The molecule has 0 unspecified atom stereocenters. The zero-order chi connectivity index (χ0) is 20.4. The molecule has 8 heteroatoms. The summed E-state index contributed by atoms with van der Waals surface area (Å²) in [6.45, 7) is 3.98. The molecule has 0 saturated heterocycles. The largest absolute Gasteiger partial charge is 0.325 e. The zero-order valence-electron chi connectivity index (χ0n) is 14.8. The van der Waals surface area contributed by atoms with Gasteiger partial charge in [0.2, 0.25) is 11.8 Å². The van der Waals surface area contributed by atoms with Crippen LogP contribution in [0, 0.1) is 22.9 Å². The van der Waals surface area contributed by atoms with Gasteiger partial charge in [0.05, 0.1) is 5.69 Å². The molecule has 0 atom stereocenters. The Morgan fingerprint density at radius 2 is 1.37 bits per heavy atom. The van der Waals surface area contributed by atoms with E-state index in [-0.39, 0.29) is 5.78 Å². The fourth-order valence-corrected chi connectivity index (χ4v) is 2.08. The summed E-state index contributed by atoms with van der Waals surface area (Å²) in [6, 6.07) is 7.55. The lowest BCUT2D eigenvalue weighted by molar-refractivity contribution is -0.135. The smallest absolute Gasteiger partial charge is 0.239 e. The van der Waals surface area contributed by atoms with E-state index >= 15 is 0 Å². The van der Waals surface area contributed by atoms with E-state index in [9.17, 15) is 27.6 Å².